The molecular weight excluding hydrogens is 318 g/mol. The van der Waals surface area contributed by atoms with Crippen molar-refractivity contribution in [1.82, 2.24) is 5.32 Å². The van der Waals surface area contributed by atoms with Gasteiger partial charge in [-0.2, -0.15) is 0 Å². The van der Waals surface area contributed by atoms with Gasteiger partial charge in [0, 0.05) is 6.54 Å². The van der Waals surface area contributed by atoms with Gasteiger partial charge in [-0.25, -0.2) is 0 Å². The first kappa shape index (κ1) is 22.7. The Balaban J connectivity index is 1.96. The first-order valence-corrected chi connectivity index (χ1v) is 11.1. The molecule has 0 bridgehead atoms. The maximum atomic E-state index is 12.4. The summed E-state index contributed by atoms with van der Waals surface area (Å²) in [6.45, 7) is 5.18. The van der Waals surface area contributed by atoms with Crippen LogP contribution >= 0.6 is 0 Å². The molecule has 1 rings (SSSR count). The molecule has 1 aromatic carbocycles. The van der Waals surface area contributed by atoms with Crippen molar-refractivity contribution in [3.05, 3.63) is 35.9 Å². The number of hydrogen-bond acceptors (Lipinski definition) is 1. The first-order chi connectivity index (χ1) is 12.8. The number of unbranched alkanes of at least 4 members (excludes halogenated alkanes) is 11. The van der Waals surface area contributed by atoms with Crippen molar-refractivity contribution in [1.29, 1.82) is 0 Å². The predicted molar refractivity (Wildman–Crippen MR) is 114 cm³/mol. The molecule has 0 radical (unpaired) electrons. The van der Waals surface area contributed by atoms with E-state index in [1.807, 2.05) is 18.2 Å². The fraction of sp³-hybridized carbons (Fsp3) is 0.708. The third-order valence-electron chi connectivity index (χ3n) is 5.26. The molecule has 0 aliphatic rings. The summed E-state index contributed by atoms with van der Waals surface area (Å²) >= 11 is 0. The molecular formula is C24H41NO. The normalized spacial score (nSPS) is 12.1. The third-order valence-corrected chi connectivity index (χ3v) is 5.26. The van der Waals surface area contributed by atoms with Gasteiger partial charge >= 0.3 is 0 Å². The number of carbonyl (C=O) groups excluding carboxylic acids is 1. The Morgan fingerprint density at radius 1 is 0.769 bits per heavy atom. The van der Waals surface area contributed by atoms with Crippen molar-refractivity contribution in [2.75, 3.05) is 6.54 Å². The summed E-state index contributed by atoms with van der Waals surface area (Å²) in [5.74, 6) is 0.176. The number of nitrogens with one attached hydrogen (secondary N) is 1. The number of amides is 1. The summed E-state index contributed by atoms with van der Waals surface area (Å²) < 4.78 is 0. The Bertz CT molecular complexity index is 443. The number of rotatable bonds is 16. The number of benzene rings is 1. The maximum Gasteiger partial charge on any atom is 0.227 e. The van der Waals surface area contributed by atoms with Crippen LogP contribution in [0.15, 0.2) is 30.3 Å². The standard InChI is InChI=1S/C24H41NO/c1-3-5-6-7-8-9-10-11-12-13-14-18-21-25-24(26)23(4-2)22-19-16-15-17-20-22/h15-17,19-20,23H,3-14,18,21H2,1-2H3,(H,25,26). The smallest absolute Gasteiger partial charge is 0.227 e. The van der Waals surface area contributed by atoms with Crippen LogP contribution in [0.25, 0.3) is 0 Å². The van der Waals surface area contributed by atoms with Gasteiger partial charge < -0.3 is 5.32 Å². The number of carbonyl (C=O) groups is 1. The molecule has 0 aromatic heterocycles. The van der Waals surface area contributed by atoms with Gasteiger partial charge in [-0.15, -0.1) is 0 Å². The van der Waals surface area contributed by atoms with Gasteiger partial charge in [0.2, 0.25) is 5.91 Å². The quantitative estimate of drug-likeness (QED) is 0.316. The summed E-state index contributed by atoms with van der Waals surface area (Å²) in [6, 6.07) is 10.1. The highest BCUT2D eigenvalue weighted by Crippen LogP contribution is 2.19. The van der Waals surface area contributed by atoms with Gasteiger partial charge in [0.1, 0.15) is 0 Å². The summed E-state index contributed by atoms with van der Waals surface area (Å²) in [7, 11) is 0. The van der Waals surface area contributed by atoms with Crippen LogP contribution in [0.4, 0.5) is 0 Å². The van der Waals surface area contributed by atoms with E-state index >= 15 is 0 Å². The SMILES string of the molecule is CCCCCCCCCCCCCCNC(=O)C(CC)c1ccccc1. The van der Waals surface area contributed by atoms with Crippen LogP contribution in [-0.2, 0) is 4.79 Å². The van der Waals surface area contributed by atoms with Gasteiger partial charge in [-0.1, -0.05) is 115 Å². The summed E-state index contributed by atoms with van der Waals surface area (Å²) in [4.78, 5) is 12.4. The lowest BCUT2D eigenvalue weighted by molar-refractivity contribution is -0.122. The Kier molecular flexibility index (Phi) is 13.9. The second-order valence-corrected chi connectivity index (χ2v) is 7.55. The van der Waals surface area contributed by atoms with Crippen LogP contribution in [0.5, 0.6) is 0 Å². The van der Waals surface area contributed by atoms with E-state index in [1.165, 1.54) is 70.6 Å². The van der Waals surface area contributed by atoms with Gasteiger partial charge in [0.15, 0.2) is 0 Å². The molecule has 0 aliphatic heterocycles. The molecule has 2 nitrogen and oxygen atoms in total. The molecule has 0 aliphatic carbocycles. The van der Waals surface area contributed by atoms with Crippen molar-refractivity contribution >= 4 is 5.91 Å². The minimum atomic E-state index is -0.00599. The molecule has 1 aromatic rings. The molecule has 0 fully saturated rings. The fourth-order valence-electron chi connectivity index (χ4n) is 3.56. The molecule has 1 unspecified atom stereocenters. The van der Waals surface area contributed by atoms with E-state index in [2.05, 4.69) is 31.3 Å². The Morgan fingerprint density at radius 2 is 1.27 bits per heavy atom. The van der Waals surface area contributed by atoms with E-state index in [1.54, 1.807) is 0 Å². The van der Waals surface area contributed by atoms with Gasteiger partial charge in [-0.3, -0.25) is 4.79 Å². The van der Waals surface area contributed by atoms with Crippen LogP contribution in [0.3, 0.4) is 0 Å². The Morgan fingerprint density at radius 3 is 1.77 bits per heavy atom. The van der Waals surface area contributed by atoms with Crippen LogP contribution in [0, 0.1) is 0 Å². The minimum absolute atomic E-state index is 0.00599. The van der Waals surface area contributed by atoms with E-state index < -0.39 is 0 Å². The Hall–Kier alpha value is -1.31. The summed E-state index contributed by atoms with van der Waals surface area (Å²) in [5.41, 5.74) is 1.13. The average molecular weight is 360 g/mol. The highest BCUT2D eigenvalue weighted by molar-refractivity contribution is 5.83. The zero-order valence-electron chi connectivity index (χ0n) is 17.3. The molecule has 0 spiro atoms. The van der Waals surface area contributed by atoms with Gasteiger partial charge in [0.25, 0.3) is 0 Å². The molecule has 2 heteroatoms. The van der Waals surface area contributed by atoms with Crippen LogP contribution in [0.1, 0.15) is 109 Å². The minimum Gasteiger partial charge on any atom is -0.356 e. The summed E-state index contributed by atoms with van der Waals surface area (Å²) in [5, 5.41) is 3.13. The van der Waals surface area contributed by atoms with E-state index in [0.717, 1.165) is 24.9 Å². The van der Waals surface area contributed by atoms with E-state index in [-0.39, 0.29) is 11.8 Å². The maximum absolute atomic E-state index is 12.4. The van der Waals surface area contributed by atoms with E-state index in [4.69, 9.17) is 0 Å². The molecule has 1 atom stereocenters. The van der Waals surface area contributed by atoms with Crippen LogP contribution in [-0.4, -0.2) is 12.5 Å². The molecule has 1 amide bonds. The van der Waals surface area contributed by atoms with Crippen molar-refractivity contribution in [2.24, 2.45) is 0 Å². The zero-order valence-corrected chi connectivity index (χ0v) is 17.3. The lowest BCUT2D eigenvalue weighted by Gasteiger charge is -2.15. The molecule has 0 heterocycles. The first-order valence-electron chi connectivity index (χ1n) is 11.1. The van der Waals surface area contributed by atoms with Crippen molar-refractivity contribution < 1.29 is 4.79 Å². The van der Waals surface area contributed by atoms with Crippen molar-refractivity contribution in [3.8, 4) is 0 Å². The molecule has 1 N–H and O–H groups in total. The average Bonchev–Trinajstić information content (AvgIpc) is 2.67. The second kappa shape index (κ2) is 15.9. The molecule has 0 saturated carbocycles. The molecule has 148 valence electrons. The monoisotopic (exact) mass is 359 g/mol. The lowest BCUT2D eigenvalue weighted by atomic mass is 9.95. The van der Waals surface area contributed by atoms with E-state index in [0.29, 0.717) is 0 Å². The Labute approximate surface area is 162 Å². The predicted octanol–water partition coefficient (Wildman–Crippen LogP) is 7.00. The second-order valence-electron chi connectivity index (χ2n) is 7.55. The van der Waals surface area contributed by atoms with Crippen LogP contribution in [0.2, 0.25) is 0 Å². The summed E-state index contributed by atoms with van der Waals surface area (Å²) in [6.07, 6.45) is 17.1. The van der Waals surface area contributed by atoms with Gasteiger partial charge in [0.05, 0.1) is 5.92 Å². The lowest BCUT2D eigenvalue weighted by Crippen LogP contribution is -2.29. The molecule has 26 heavy (non-hydrogen) atoms. The molecule has 0 saturated heterocycles. The highest BCUT2D eigenvalue weighted by atomic mass is 16.1. The van der Waals surface area contributed by atoms with Crippen molar-refractivity contribution in [3.63, 3.8) is 0 Å². The van der Waals surface area contributed by atoms with E-state index in [9.17, 15) is 4.79 Å². The topological polar surface area (TPSA) is 29.1 Å². The zero-order chi connectivity index (χ0) is 18.9. The number of hydrogen-bond donors (Lipinski definition) is 1. The van der Waals surface area contributed by atoms with Gasteiger partial charge in [-0.05, 0) is 18.4 Å². The van der Waals surface area contributed by atoms with Crippen LogP contribution < -0.4 is 5.32 Å². The largest absolute Gasteiger partial charge is 0.356 e. The van der Waals surface area contributed by atoms with Crippen molar-refractivity contribution in [2.45, 2.75) is 103 Å². The highest BCUT2D eigenvalue weighted by Gasteiger charge is 2.17. The third kappa shape index (κ3) is 10.6. The fourth-order valence-corrected chi connectivity index (χ4v) is 3.56.